The second-order valence-corrected chi connectivity index (χ2v) is 7.67. The minimum absolute atomic E-state index is 0.0112. The lowest BCUT2D eigenvalue weighted by atomic mass is 10.2. The van der Waals surface area contributed by atoms with Gasteiger partial charge < -0.3 is 20.0 Å². The highest BCUT2D eigenvalue weighted by molar-refractivity contribution is 6.30. The highest BCUT2D eigenvalue weighted by atomic mass is 35.5. The molecule has 1 aromatic rings. The molecule has 27 heavy (non-hydrogen) atoms. The van der Waals surface area contributed by atoms with Crippen molar-refractivity contribution in [2.75, 3.05) is 50.7 Å². The van der Waals surface area contributed by atoms with Crippen LogP contribution >= 0.6 is 11.6 Å². The lowest BCUT2D eigenvalue weighted by Gasteiger charge is -2.36. The predicted molar refractivity (Wildman–Crippen MR) is 108 cm³/mol. The van der Waals surface area contributed by atoms with Gasteiger partial charge in [-0.1, -0.05) is 24.1 Å². The van der Waals surface area contributed by atoms with Crippen molar-refractivity contribution in [3.05, 3.63) is 29.3 Å². The van der Waals surface area contributed by atoms with E-state index in [0.717, 1.165) is 62.6 Å². The zero-order valence-corrected chi connectivity index (χ0v) is 16.6. The van der Waals surface area contributed by atoms with E-state index in [0.29, 0.717) is 26.1 Å². The number of halogens is 1. The Labute approximate surface area is 166 Å². The first-order valence-corrected chi connectivity index (χ1v) is 10.3. The van der Waals surface area contributed by atoms with E-state index >= 15 is 0 Å². The molecule has 2 heterocycles. The van der Waals surface area contributed by atoms with Crippen LogP contribution in [0.25, 0.3) is 0 Å². The summed E-state index contributed by atoms with van der Waals surface area (Å²) < 4.78 is 0. The van der Waals surface area contributed by atoms with Crippen LogP contribution in [0.1, 0.15) is 32.1 Å². The standard InChI is InChI=1S/C20H29ClN4O2/c21-17-6-4-7-18(16-17)23-12-14-25(15-13-23)20(27)22-9-5-11-24-10-3-1-2-8-19(24)26/h4,6-7,16H,1-3,5,8-15H2,(H,22,27). The van der Waals surface area contributed by atoms with E-state index in [4.69, 9.17) is 11.6 Å². The molecule has 0 bridgehead atoms. The van der Waals surface area contributed by atoms with Gasteiger partial charge in [0.2, 0.25) is 5.91 Å². The van der Waals surface area contributed by atoms with Gasteiger partial charge in [-0.25, -0.2) is 4.79 Å². The number of benzene rings is 1. The summed E-state index contributed by atoms with van der Waals surface area (Å²) in [6.07, 6.45) is 4.71. The Morgan fingerprint density at radius 2 is 1.89 bits per heavy atom. The minimum atomic E-state index is -0.0112. The molecule has 0 saturated carbocycles. The van der Waals surface area contributed by atoms with Gasteiger partial charge in [0.15, 0.2) is 0 Å². The zero-order valence-electron chi connectivity index (χ0n) is 15.8. The second kappa shape index (κ2) is 9.83. The van der Waals surface area contributed by atoms with E-state index < -0.39 is 0 Å². The first-order chi connectivity index (χ1) is 13.1. The molecule has 1 N–H and O–H groups in total. The molecule has 2 fully saturated rings. The number of hydrogen-bond donors (Lipinski definition) is 1. The smallest absolute Gasteiger partial charge is 0.317 e. The van der Waals surface area contributed by atoms with Gasteiger partial charge >= 0.3 is 6.03 Å². The van der Waals surface area contributed by atoms with Gasteiger partial charge in [-0.15, -0.1) is 0 Å². The third kappa shape index (κ3) is 5.76. The number of carbonyl (C=O) groups is 2. The van der Waals surface area contributed by atoms with Crippen molar-refractivity contribution >= 4 is 29.2 Å². The van der Waals surface area contributed by atoms with E-state index in [1.165, 1.54) is 0 Å². The largest absolute Gasteiger partial charge is 0.368 e. The van der Waals surface area contributed by atoms with Crippen LogP contribution in [0.15, 0.2) is 24.3 Å². The molecule has 0 spiro atoms. The number of carbonyl (C=O) groups excluding carboxylic acids is 2. The van der Waals surface area contributed by atoms with Gasteiger partial charge in [0.05, 0.1) is 0 Å². The van der Waals surface area contributed by atoms with Crippen LogP contribution in [0.4, 0.5) is 10.5 Å². The van der Waals surface area contributed by atoms with Crippen molar-refractivity contribution in [2.24, 2.45) is 0 Å². The Bertz CT molecular complexity index is 647. The van der Waals surface area contributed by atoms with Gasteiger partial charge in [0.25, 0.3) is 0 Å². The molecule has 6 nitrogen and oxygen atoms in total. The normalized spacial score (nSPS) is 18.4. The molecule has 2 aliphatic rings. The molecule has 148 valence electrons. The first-order valence-electron chi connectivity index (χ1n) is 9.94. The number of amides is 3. The monoisotopic (exact) mass is 392 g/mol. The van der Waals surface area contributed by atoms with Gasteiger partial charge in [-0.3, -0.25) is 4.79 Å². The maximum Gasteiger partial charge on any atom is 0.317 e. The number of hydrogen-bond acceptors (Lipinski definition) is 3. The fourth-order valence-corrected chi connectivity index (χ4v) is 3.88. The van der Waals surface area contributed by atoms with Crippen molar-refractivity contribution in [3.8, 4) is 0 Å². The molecule has 0 radical (unpaired) electrons. The van der Waals surface area contributed by atoms with Gasteiger partial charge in [-0.2, -0.15) is 0 Å². The molecule has 3 rings (SSSR count). The number of anilines is 1. The predicted octanol–water partition coefficient (Wildman–Crippen LogP) is 2.96. The summed E-state index contributed by atoms with van der Waals surface area (Å²) in [6, 6.07) is 7.82. The summed E-state index contributed by atoms with van der Waals surface area (Å²) in [7, 11) is 0. The molecule has 1 aromatic carbocycles. The molecule has 0 atom stereocenters. The average molecular weight is 393 g/mol. The van der Waals surface area contributed by atoms with Crippen LogP contribution in [0.3, 0.4) is 0 Å². The summed E-state index contributed by atoms with van der Waals surface area (Å²) in [4.78, 5) is 30.4. The first kappa shape index (κ1) is 19.8. The molecule has 0 aromatic heterocycles. The summed E-state index contributed by atoms with van der Waals surface area (Å²) in [5, 5.41) is 3.73. The summed E-state index contributed by atoms with van der Waals surface area (Å²) in [5.74, 6) is 0.260. The maximum absolute atomic E-state index is 12.4. The number of rotatable bonds is 5. The third-order valence-corrected chi connectivity index (χ3v) is 5.53. The fraction of sp³-hybridized carbons (Fsp3) is 0.600. The van der Waals surface area contributed by atoms with Gasteiger partial charge in [0, 0.05) is 62.9 Å². The van der Waals surface area contributed by atoms with Crippen molar-refractivity contribution in [3.63, 3.8) is 0 Å². The Kier molecular flexibility index (Phi) is 7.21. The van der Waals surface area contributed by atoms with E-state index in [9.17, 15) is 9.59 Å². The molecule has 0 unspecified atom stereocenters. The quantitative estimate of drug-likeness (QED) is 0.784. The topological polar surface area (TPSA) is 55.9 Å². The third-order valence-electron chi connectivity index (χ3n) is 5.29. The highest BCUT2D eigenvalue weighted by Gasteiger charge is 2.21. The molecular formula is C20H29ClN4O2. The Hall–Kier alpha value is -1.95. The zero-order chi connectivity index (χ0) is 19.1. The molecule has 3 amide bonds. The number of urea groups is 1. The summed E-state index contributed by atoms with van der Waals surface area (Å²) >= 11 is 6.06. The van der Waals surface area contributed by atoms with Crippen LogP contribution in [-0.2, 0) is 4.79 Å². The second-order valence-electron chi connectivity index (χ2n) is 7.23. The Morgan fingerprint density at radius 1 is 1.07 bits per heavy atom. The number of likely N-dealkylation sites (tertiary alicyclic amines) is 1. The molecule has 2 saturated heterocycles. The van der Waals surface area contributed by atoms with E-state index in [2.05, 4.69) is 10.2 Å². The number of nitrogens with one attached hydrogen (secondary N) is 1. The van der Waals surface area contributed by atoms with E-state index in [1.807, 2.05) is 34.1 Å². The van der Waals surface area contributed by atoms with Gasteiger partial charge in [0.1, 0.15) is 0 Å². The lowest BCUT2D eigenvalue weighted by Crippen LogP contribution is -2.52. The van der Waals surface area contributed by atoms with Gasteiger partial charge in [-0.05, 0) is 37.5 Å². The summed E-state index contributed by atoms with van der Waals surface area (Å²) in [5.41, 5.74) is 1.10. The molecule has 0 aliphatic carbocycles. The van der Waals surface area contributed by atoms with Crippen LogP contribution < -0.4 is 10.2 Å². The van der Waals surface area contributed by atoms with Crippen LogP contribution in [-0.4, -0.2) is 67.6 Å². The van der Waals surface area contributed by atoms with Crippen molar-refractivity contribution in [2.45, 2.75) is 32.1 Å². The number of piperazine rings is 1. The minimum Gasteiger partial charge on any atom is -0.368 e. The fourth-order valence-electron chi connectivity index (χ4n) is 3.69. The maximum atomic E-state index is 12.4. The molecule has 2 aliphatic heterocycles. The molecular weight excluding hydrogens is 364 g/mol. The highest BCUT2D eigenvalue weighted by Crippen LogP contribution is 2.20. The number of nitrogens with zero attached hydrogens (tertiary/aromatic N) is 3. The molecule has 7 heteroatoms. The summed E-state index contributed by atoms with van der Waals surface area (Å²) in [6.45, 7) is 5.20. The average Bonchev–Trinajstić information content (AvgIpc) is 2.89. The Morgan fingerprint density at radius 3 is 2.67 bits per heavy atom. The lowest BCUT2D eigenvalue weighted by molar-refractivity contribution is -0.130. The Balaban J connectivity index is 1.35. The van der Waals surface area contributed by atoms with Crippen molar-refractivity contribution < 1.29 is 9.59 Å². The van der Waals surface area contributed by atoms with E-state index in [-0.39, 0.29) is 11.9 Å². The van der Waals surface area contributed by atoms with Crippen LogP contribution in [0.5, 0.6) is 0 Å². The van der Waals surface area contributed by atoms with Crippen molar-refractivity contribution in [1.82, 2.24) is 15.1 Å². The van der Waals surface area contributed by atoms with Crippen molar-refractivity contribution in [1.29, 1.82) is 0 Å². The SMILES string of the molecule is O=C1CCCCCN1CCCNC(=O)N1CCN(c2cccc(Cl)c2)CC1. The van der Waals surface area contributed by atoms with E-state index in [1.54, 1.807) is 0 Å². The van der Waals surface area contributed by atoms with Crippen LogP contribution in [0.2, 0.25) is 5.02 Å². The van der Waals surface area contributed by atoms with Crippen LogP contribution in [0, 0.1) is 0 Å².